The summed E-state index contributed by atoms with van der Waals surface area (Å²) in [7, 11) is 1.87. The van der Waals surface area contributed by atoms with Crippen molar-refractivity contribution in [3.8, 4) is 0 Å². The van der Waals surface area contributed by atoms with Crippen LogP contribution in [0.1, 0.15) is 31.2 Å². The van der Waals surface area contributed by atoms with Crippen molar-refractivity contribution >= 4 is 5.91 Å². The molecule has 1 aromatic heterocycles. The molecule has 1 N–H and O–H groups in total. The van der Waals surface area contributed by atoms with E-state index < -0.39 is 0 Å². The Labute approximate surface area is 108 Å². The van der Waals surface area contributed by atoms with Crippen molar-refractivity contribution in [2.75, 3.05) is 13.6 Å². The van der Waals surface area contributed by atoms with Crippen LogP contribution >= 0.6 is 0 Å². The van der Waals surface area contributed by atoms with E-state index in [0.29, 0.717) is 12.5 Å². The first-order valence-corrected chi connectivity index (χ1v) is 6.60. The number of aromatic nitrogens is 2. The van der Waals surface area contributed by atoms with Crippen molar-refractivity contribution in [3.63, 3.8) is 0 Å². The molecule has 1 atom stereocenters. The highest BCUT2D eigenvalue weighted by molar-refractivity contribution is 5.76. The maximum Gasteiger partial charge on any atom is 0.222 e. The van der Waals surface area contributed by atoms with Gasteiger partial charge >= 0.3 is 0 Å². The van der Waals surface area contributed by atoms with Gasteiger partial charge in [0.2, 0.25) is 5.91 Å². The first-order chi connectivity index (χ1) is 8.60. The van der Waals surface area contributed by atoms with E-state index in [1.807, 2.05) is 23.6 Å². The van der Waals surface area contributed by atoms with Crippen molar-refractivity contribution in [1.82, 2.24) is 20.0 Å². The van der Waals surface area contributed by atoms with Crippen molar-refractivity contribution in [1.29, 1.82) is 0 Å². The quantitative estimate of drug-likeness (QED) is 0.864. The standard InChI is InChI=1S/C13H22N4O/c1-4-17-12(7-10(2)15-17)8-14-11-5-6-13(18)16(3)9-11/h7,11,14H,4-6,8-9H2,1-3H3. The number of carbonyl (C=O) groups is 1. The first-order valence-electron chi connectivity index (χ1n) is 6.60. The lowest BCUT2D eigenvalue weighted by molar-refractivity contribution is -0.132. The van der Waals surface area contributed by atoms with Crippen LogP contribution < -0.4 is 5.32 Å². The lowest BCUT2D eigenvalue weighted by atomic mass is 10.1. The summed E-state index contributed by atoms with van der Waals surface area (Å²) in [6.45, 7) is 6.64. The second kappa shape index (κ2) is 5.52. The third kappa shape index (κ3) is 2.90. The molecule has 100 valence electrons. The predicted octanol–water partition coefficient (Wildman–Crippen LogP) is 0.922. The third-order valence-electron chi connectivity index (χ3n) is 3.48. The normalized spacial score (nSPS) is 20.5. The molecule has 1 saturated heterocycles. The van der Waals surface area contributed by atoms with Crippen LogP contribution in [0.2, 0.25) is 0 Å². The van der Waals surface area contributed by atoms with E-state index in [0.717, 1.165) is 31.7 Å². The van der Waals surface area contributed by atoms with Gasteiger partial charge in [-0.2, -0.15) is 5.10 Å². The van der Waals surface area contributed by atoms with Gasteiger partial charge < -0.3 is 10.2 Å². The Morgan fingerprint density at radius 2 is 2.33 bits per heavy atom. The number of rotatable bonds is 4. The number of nitrogens with zero attached hydrogens (tertiary/aromatic N) is 3. The molecule has 5 heteroatoms. The number of aryl methyl sites for hydroxylation is 2. The maximum atomic E-state index is 11.4. The van der Waals surface area contributed by atoms with Crippen LogP contribution in [0.5, 0.6) is 0 Å². The fourth-order valence-electron chi connectivity index (χ4n) is 2.44. The first kappa shape index (κ1) is 13.1. The average Bonchev–Trinajstić information content (AvgIpc) is 2.71. The molecule has 1 amide bonds. The number of likely N-dealkylation sites (tertiary alicyclic amines) is 1. The molecule has 1 aromatic rings. The Morgan fingerprint density at radius 3 is 3.00 bits per heavy atom. The highest BCUT2D eigenvalue weighted by atomic mass is 16.2. The molecule has 0 aromatic carbocycles. The summed E-state index contributed by atoms with van der Waals surface area (Å²) in [5.41, 5.74) is 2.28. The maximum absolute atomic E-state index is 11.4. The topological polar surface area (TPSA) is 50.2 Å². The molecule has 0 aliphatic carbocycles. The molecule has 1 unspecified atom stereocenters. The van der Waals surface area contributed by atoms with E-state index >= 15 is 0 Å². The molecule has 2 heterocycles. The molecule has 5 nitrogen and oxygen atoms in total. The van der Waals surface area contributed by atoms with Gasteiger partial charge in [-0.15, -0.1) is 0 Å². The molecule has 1 fully saturated rings. The fraction of sp³-hybridized carbons (Fsp3) is 0.692. The van der Waals surface area contributed by atoms with E-state index in [1.54, 1.807) is 0 Å². The number of nitrogens with one attached hydrogen (secondary N) is 1. The number of hydrogen-bond acceptors (Lipinski definition) is 3. The lowest BCUT2D eigenvalue weighted by Crippen LogP contribution is -2.46. The van der Waals surface area contributed by atoms with E-state index in [2.05, 4.69) is 23.4 Å². The van der Waals surface area contributed by atoms with Crippen LogP contribution in [-0.2, 0) is 17.9 Å². The van der Waals surface area contributed by atoms with Crippen molar-refractivity contribution in [2.24, 2.45) is 0 Å². The van der Waals surface area contributed by atoms with E-state index in [1.165, 1.54) is 5.69 Å². The Hall–Kier alpha value is -1.36. The molecule has 0 radical (unpaired) electrons. The summed E-state index contributed by atoms with van der Waals surface area (Å²) in [5.74, 6) is 0.252. The second-order valence-electron chi connectivity index (χ2n) is 4.98. The molecule has 1 aliphatic rings. The molecule has 18 heavy (non-hydrogen) atoms. The van der Waals surface area contributed by atoms with E-state index in [4.69, 9.17) is 0 Å². The number of hydrogen-bond donors (Lipinski definition) is 1. The van der Waals surface area contributed by atoms with Crippen molar-refractivity contribution in [3.05, 3.63) is 17.5 Å². The second-order valence-corrected chi connectivity index (χ2v) is 4.98. The minimum Gasteiger partial charge on any atom is -0.344 e. The van der Waals surface area contributed by atoms with Crippen LogP contribution in [0.4, 0.5) is 0 Å². The van der Waals surface area contributed by atoms with Crippen LogP contribution in [0.25, 0.3) is 0 Å². The van der Waals surface area contributed by atoms with Gasteiger partial charge in [-0.3, -0.25) is 9.48 Å². The predicted molar refractivity (Wildman–Crippen MR) is 70.1 cm³/mol. The zero-order chi connectivity index (χ0) is 13.1. The molecule has 0 saturated carbocycles. The van der Waals surface area contributed by atoms with Gasteiger partial charge in [0, 0.05) is 39.1 Å². The van der Waals surface area contributed by atoms with Gasteiger partial charge in [0.05, 0.1) is 11.4 Å². The summed E-state index contributed by atoms with van der Waals surface area (Å²) in [6, 6.07) is 2.52. The SMILES string of the molecule is CCn1nc(C)cc1CNC1CCC(=O)N(C)C1. The largest absolute Gasteiger partial charge is 0.344 e. The van der Waals surface area contributed by atoms with Crippen LogP contribution in [0.3, 0.4) is 0 Å². The Kier molecular flexibility index (Phi) is 4.01. The summed E-state index contributed by atoms with van der Waals surface area (Å²) >= 11 is 0. The van der Waals surface area contributed by atoms with Crippen LogP contribution in [-0.4, -0.2) is 40.2 Å². The highest BCUT2D eigenvalue weighted by Crippen LogP contribution is 2.11. The number of carbonyl (C=O) groups excluding carboxylic acids is 1. The van der Waals surface area contributed by atoms with Gasteiger partial charge in [0.25, 0.3) is 0 Å². The van der Waals surface area contributed by atoms with Crippen molar-refractivity contribution in [2.45, 2.75) is 45.8 Å². The molecular formula is C13H22N4O. The summed E-state index contributed by atoms with van der Waals surface area (Å²) < 4.78 is 2.03. The van der Waals surface area contributed by atoms with Crippen molar-refractivity contribution < 1.29 is 4.79 Å². The number of piperidine rings is 1. The van der Waals surface area contributed by atoms with Crippen LogP contribution in [0, 0.1) is 6.92 Å². The smallest absolute Gasteiger partial charge is 0.222 e. The van der Waals surface area contributed by atoms with Gasteiger partial charge in [0.15, 0.2) is 0 Å². The van der Waals surface area contributed by atoms with Gasteiger partial charge in [-0.25, -0.2) is 0 Å². The molecule has 1 aliphatic heterocycles. The van der Waals surface area contributed by atoms with Crippen LogP contribution in [0.15, 0.2) is 6.07 Å². The minimum atomic E-state index is 0.252. The number of amides is 1. The Bertz CT molecular complexity index is 427. The molecule has 2 rings (SSSR count). The molecule has 0 bridgehead atoms. The molecular weight excluding hydrogens is 228 g/mol. The Balaban J connectivity index is 1.89. The third-order valence-corrected chi connectivity index (χ3v) is 3.48. The van der Waals surface area contributed by atoms with Gasteiger partial charge in [0.1, 0.15) is 0 Å². The average molecular weight is 250 g/mol. The molecule has 0 spiro atoms. The van der Waals surface area contributed by atoms with E-state index in [-0.39, 0.29) is 5.91 Å². The summed E-state index contributed by atoms with van der Waals surface area (Å²) in [6.07, 6.45) is 1.59. The van der Waals surface area contributed by atoms with Gasteiger partial charge in [-0.05, 0) is 26.3 Å². The highest BCUT2D eigenvalue weighted by Gasteiger charge is 2.22. The zero-order valence-electron chi connectivity index (χ0n) is 11.4. The zero-order valence-corrected chi connectivity index (χ0v) is 11.4. The monoisotopic (exact) mass is 250 g/mol. The number of likely N-dealkylation sites (N-methyl/N-ethyl adjacent to an activating group) is 1. The van der Waals surface area contributed by atoms with Gasteiger partial charge in [-0.1, -0.05) is 0 Å². The lowest BCUT2D eigenvalue weighted by Gasteiger charge is -2.30. The summed E-state index contributed by atoms with van der Waals surface area (Å²) in [5, 5.41) is 7.95. The fourth-order valence-corrected chi connectivity index (χ4v) is 2.44. The summed E-state index contributed by atoms with van der Waals surface area (Å²) in [4.78, 5) is 13.2. The minimum absolute atomic E-state index is 0.252. The van der Waals surface area contributed by atoms with E-state index in [9.17, 15) is 4.79 Å². The Morgan fingerprint density at radius 1 is 1.56 bits per heavy atom.